The molecule has 2 unspecified atom stereocenters. The Morgan fingerprint density at radius 3 is 2.20 bits per heavy atom. The van der Waals surface area contributed by atoms with Crippen molar-refractivity contribution in [1.29, 1.82) is 0 Å². The Kier molecular flexibility index (Phi) is 15.3. The van der Waals surface area contributed by atoms with Gasteiger partial charge in [0, 0.05) is 28.4 Å². The van der Waals surface area contributed by atoms with Crippen molar-refractivity contribution in [1.82, 2.24) is 5.32 Å². The zero-order chi connectivity index (χ0) is 34.8. The lowest BCUT2D eigenvalue weighted by Gasteiger charge is -2.31. The number of nitrogens with one attached hydrogen (secondary N) is 2. The van der Waals surface area contributed by atoms with Gasteiger partial charge in [0.05, 0.1) is 16.5 Å². The number of hydrogen-bond donors (Lipinski definition) is 2. The Labute approximate surface area is 278 Å². The van der Waals surface area contributed by atoms with E-state index in [0.717, 1.165) is 64.9 Å². The van der Waals surface area contributed by atoms with Crippen LogP contribution in [0.4, 0.5) is 27.6 Å². The molecule has 1 fully saturated rings. The highest BCUT2D eigenvalue weighted by Crippen LogP contribution is 2.45. The quantitative estimate of drug-likeness (QED) is 0.171. The number of halogens is 5. The van der Waals surface area contributed by atoms with Crippen LogP contribution in [0.2, 0.25) is 12.6 Å². The molecule has 3 nitrogen and oxygen atoms in total. The Hall–Kier alpha value is -2.40. The van der Waals surface area contributed by atoms with E-state index in [9.17, 15) is 26.7 Å². The van der Waals surface area contributed by atoms with Gasteiger partial charge in [0.25, 0.3) is 6.43 Å². The number of ketones is 1. The molecule has 1 saturated heterocycles. The van der Waals surface area contributed by atoms with Crippen molar-refractivity contribution >= 4 is 51.5 Å². The van der Waals surface area contributed by atoms with Gasteiger partial charge >= 0.3 is 6.18 Å². The van der Waals surface area contributed by atoms with E-state index in [1.165, 1.54) is 18.3 Å². The lowest BCUT2D eigenvalue weighted by Crippen LogP contribution is -2.24. The van der Waals surface area contributed by atoms with E-state index in [-0.39, 0.29) is 22.2 Å². The van der Waals surface area contributed by atoms with Crippen LogP contribution in [0.25, 0.3) is 0 Å². The van der Waals surface area contributed by atoms with Crippen LogP contribution < -0.4 is 10.6 Å². The molecule has 4 rings (SSSR count). The summed E-state index contributed by atoms with van der Waals surface area (Å²) in [6, 6.07) is 6.21. The summed E-state index contributed by atoms with van der Waals surface area (Å²) in [7, 11) is 1.22. The molecule has 0 bridgehead atoms. The normalized spacial score (nSPS) is 23.4. The molecule has 0 aromatic heterocycles. The fraction of sp³-hybridized carbons (Fsp3) is 0.514. The third-order valence-electron chi connectivity index (χ3n) is 8.34. The van der Waals surface area contributed by atoms with Crippen LogP contribution in [0.15, 0.2) is 69.4 Å². The monoisotopic (exact) mass is 683 g/mol. The number of benzene rings is 1. The summed E-state index contributed by atoms with van der Waals surface area (Å²) in [5.74, 6) is 9.49. The number of carbonyl (C=O) groups excluding carboxylic acids is 1. The number of alkyl halides is 5. The molecule has 1 aromatic carbocycles. The van der Waals surface area contributed by atoms with Crippen LogP contribution in [0.3, 0.4) is 0 Å². The molecule has 2 aliphatic heterocycles. The summed E-state index contributed by atoms with van der Waals surface area (Å²) in [6.07, 6.45) is 1.19. The minimum absolute atomic E-state index is 0.00780. The van der Waals surface area contributed by atoms with Gasteiger partial charge in [0.15, 0.2) is 0 Å². The average molecular weight is 684 g/mol. The maximum Gasteiger partial charge on any atom is 0.395 e. The number of anilines is 1. The predicted molar refractivity (Wildman–Crippen MR) is 194 cm³/mol. The summed E-state index contributed by atoms with van der Waals surface area (Å²) >= 11 is 1.11. The second-order valence-electron chi connectivity index (χ2n) is 11.8. The predicted octanol–water partition coefficient (Wildman–Crippen LogP) is 10.5. The summed E-state index contributed by atoms with van der Waals surface area (Å²) in [5.41, 5.74) is 3.34. The molecular formula is C35H49BF5N2OS2. The lowest BCUT2D eigenvalue weighted by molar-refractivity contribution is -0.146. The highest BCUT2D eigenvalue weighted by molar-refractivity contribution is 8.27. The Bertz CT molecular complexity index is 1400. The Morgan fingerprint density at radius 2 is 1.70 bits per heavy atom. The number of rotatable bonds is 7. The highest BCUT2D eigenvalue weighted by atomic mass is 32.2. The zero-order valence-corrected chi connectivity index (χ0v) is 29.7. The van der Waals surface area contributed by atoms with Gasteiger partial charge < -0.3 is 10.6 Å². The Balaban J connectivity index is 0.000000475. The number of Topliss-reactive ketones (excluding diaryl/α,β-unsaturated/α-hetero) is 1. The van der Waals surface area contributed by atoms with Crippen LogP contribution in [-0.2, 0) is 4.79 Å². The molecule has 0 spiro atoms. The molecule has 3 atom stereocenters. The summed E-state index contributed by atoms with van der Waals surface area (Å²) in [5, 5.41) is 6.45. The molecule has 1 radical (unpaired) electrons. The fourth-order valence-corrected chi connectivity index (χ4v) is 8.00. The number of allylic oxidation sites excluding steroid dienone is 5. The van der Waals surface area contributed by atoms with E-state index in [1.54, 1.807) is 19.1 Å². The topological polar surface area (TPSA) is 41.1 Å². The van der Waals surface area contributed by atoms with Crippen LogP contribution in [0.1, 0.15) is 72.3 Å². The van der Waals surface area contributed by atoms with E-state index >= 15 is 0 Å². The minimum Gasteiger partial charge on any atom is -0.360 e. The largest absolute Gasteiger partial charge is 0.395 e. The van der Waals surface area contributed by atoms with E-state index in [1.807, 2.05) is 53.9 Å². The smallest absolute Gasteiger partial charge is 0.360 e. The van der Waals surface area contributed by atoms with Crippen molar-refractivity contribution in [2.45, 2.75) is 92.0 Å². The van der Waals surface area contributed by atoms with Crippen molar-refractivity contribution in [2.75, 3.05) is 16.8 Å². The van der Waals surface area contributed by atoms with Gasteiger partial charge in [0.2, 0.25) is 0 Å². The molecule has 0 saturated carbocycles. The molecule has 1 aliphatic carbocycles. The summed E-state index contributed by atoms with van der Waals surface area (Å²) < 4.78 is 65.9. The first kappa shape index (κ1) is 39.8. The van der Waals surface area contributed by atoms with Gasteiger partial charge in [-0.05, 0) is 85.7 Å². The van der Waals surface area contributed by atoms with Gasteiger partial charge in [-0.2, -0.15) is 13.2 Å². The number of carbonyl (C=O) groups is 1. The molecular weight excluding hydrogens is 634 g/mol. The molecule has 0 amide bonds. The van der Waals surface area contributed by atoms with Crippen molar-refractivity contribution < 1.29 is 26.7 Å². The van der Waals surface area contributed by atoms with E-state index < -0.39 is 27.7 Å². The lowest BCUT2D eigenvalue weighted by atomic mass is 9.63. The number of thioether (sulfide) groups is 1. The highest BCUT2D eigenvalue weighted by Gasteiger charge is 2.37. The maximum atomic E-state index is 13.4. The average Bonchev–Trinajstić information content (AvgIpc) is 3.00. The third-order valence-corrected chi connectivity index (χ3v) is 11.9. The first-order valence-electron chi connectivity index (χ1n) is 15.8. The second-order valence-corrected chi connectivity index (χ2v) is 16.2. The summed E-state index contributed by atoms with van der Waals surface area (Å²) in [6.45, 7) is 12.8. The van der Waals surface area contributed by atoms with Gasteiger partial charge in [-0.3, -0.25) is 4.79 Å². The van der Waals surface area contributed by atoms with Crippen LogP contribution >= 0.6 is 21.0 Å². The minimum atomic E-state index is -4.30. The van der Waals surface area contributed by atoms with Crippen molar-refractivity contribution in [3.63, 3.8) is 0 Å². The molecule has 2 heterocycles. The standard InChI is InChI=1S/C24H27BF5N2S.C9H16OS.C2H6/c1-13-6-5-7-18(32-17-10-8-16(9-11-17)14(2)24(28,29)30)20(15(3)25-4)21-22(13)33-19(12-31-21)23(26)27;1-8(10)9-4-6-11(2,3)7-5-9;1-2/h5,7-15,23,31-32H,6H2,1-4H3;9H,2-7H2,1H3;1-2H3/b7-5+,20-18+;;/t13?,14-,15?;;/m0../s1. The van der Waals surface area contributed by atoms with Crippen molar-refractivity contribution in [3.05, 3.63) is 75.0 Å². The molecule has 11 heteroatoms. The molecule has 1 aromatic rings. The zero-order valence-electron chi connectivity index (χ0n) is 28.1. The second kappa shape index (κ2) is 17.7. The van der Waals surface area contributed by atoms with Crippen molar-refractivity contribution in [3.8, 4) is 0 Å². The number of hydrogen-bond acceptors (Lipinski definition) is 4. The van der Waals surface area contributed by atoms with E-state index in [4.69, 9.17) is 0 Å². The first-order valence-corrected chi connectivity index (χ1v) is 18.9. The first-order chi connectivity index (χ1) is 21.5. The van der Waals surface area contributed by atoms with E-state index in [2.05, 4.69) is 22.4 Å². The summed E-state index contributed by atoms with van der Waals surface area (Å²) in [4.78, 5) is 11.8. The van der Waals surface area contributed by atoms with Gasteiger partial charge in [0.1, 0.15) is 13.1 Å². The Morgan fingerprint density at radius 1 is 1.11 bits per heavy atom. The van der Waals surface area contributed by atoms with Gasteiger partial charge in [-0.15, -0.1) is 0 Å². The molecule has 3 aliphatic rings. The van der Waals surface area contributed by atoms with Gasteiger partial charge in [-0.25, -0.2) is 18.0 Å². The van der Waals surface area contributed by atoms with Crippen LogP contribution in [0.5, 0.6) is 0 Å². The maximum absolute atomic E-state index is 13.4. The van der Waals surface area contributed by atoms with Crippen molar-refractivity contribution in [2.24, 2.45) is 11.8 Å². The fourth-order valence-electron chi connectivity index (χ4n) is 5.19. The van der Waals surface area contributed by atoms with E-state index in [0.29, 0.717) is 23.8 Å². The third kappa shape index (κ3) is 11.1. The van der Waals surface area contributed by atoms with Gasteiger partial charge in [-0.1, -0.05) is 76.2 Å². The molecule has 2 N–H and O–H groups in total. The van der Waals surface area contributed by atoms with Crippen LogP contribution in [-0.4, -0.2) is 48.9 Å². The SMILES string of the molecule is C=S1(=C)CCC(C(C)=O)CC1.CC.C[B]C(C)/C1=C(Nc2ccc([C@H](C)C(F)(F)F)cc2)/C=C/CC(C)C2=C1NC=C(C(F)F)S2. The van der Waals surface area contributed by atoms with Crippen LogP contribution in [0, 0.1) is 11.8 Å². The molecule has 46 heavy (non-hydrogen) atoms. The molecule has 255 valence electrons.